The van der Waals surface area contributed by atoms with Crippen molar-refractivity contribution in [3.8, 4) is 0 Å². The fraction of sp³-hybridized carbons (Fsp3) is 0. The molecule has 0 nitrogen and oxygen atoms in total. The second-order valence-electron chi connectivity index (χ2n) is 0. The molecule has 0 spiro atoms. The van der Waals surface area contributed by atoms with Gasteiger partial charge in [-0.1, -0.05) is 0 Å². The summed E-state index contributed by atoms with van der Waals surface area (Å²) in [4.78, 5) is 0. The second-order valence-corrected chi connectivity index (χ2v) is 0. The molecule has 0 aliphatic rings. The summed E-state index contributed by atoms with van der Waals surface area (Å²) in [5, 5.41) is 0. The summed E-state index contributed by atoms with van der Waals surface area (Å²) in [7, 11) is 0. The number of hydrogen-bond acceptors (Lipinski definition) is 0. The van der Waals surface area contributed by atoms with Gasteiger partial charge < -0.3 is 0 Å². The molecule has 0 fully saturated rings. The Bertz CT molecular complexity index is 3.25. The summed E-state index contributed by atoms with van der Waals surface area (Å²) >= 11 is 0. The summed E-state index contributed by atoms with van der Waals surface area (Å²) in [5.74, 6) is 0. The van der Waals surface area contributed by atoms with Crippen LogP contribution >= 0.6 is 0 Å². The molecule has 0 saturated carbocycles. The standard InChI is InChI=1S/Np.3Sn.6H. The van der Waals surface area contributed by atoms with Crippen molar-refractivity contribution in [3.05, 3.63) is 0 Å². The molecule has 4 heavy (non-hydrogen) atoms. The van der Waals surface area contributed by atoms with Gasteiger partial charge in [0.15, 0.2) is 0 Å². The van der Waals surface area contributed by atoms with E-state index in [-0.39, 0.29) is 102 Å². The molecule has 0 aliphatic carbocycles. The molecule has 0 bridgehead atoms. The molecular formula is H6NpSn3. The molecule has 7 radical (unpaired) electrons. The van der Waals surface area contributed by atoms with E-state index in [9.17, 15) is 0 Å². The number of rotatable bonds is 0. The SMILES string of the molecule is [Np].[SnH2].[SnH2].[SnH2]. The fourth-order valence-corrected chi connectivity index (χ4v) is 0. The van der Waals surface area contributed by atoms with Gasteiger partial charge in [0.2, 0.25) is 0 Å². The van der Waals surface area contributed by atoms with Crippen LogP contribution in [0.25, 0.3) is 0 Å². The van der Waals surface area contributed by atoms with Crippen molar-refractivity contribution < 1.29 is 29.9 Å². The average Bonchev–Trinajstić information content (AvgIpc) is 0. The molecule has 0 rings (SSSR count). The Balaban J connectivity index is 0. The topological polar surface area (TPSA) is 0 Å². The van der Waals surface area contributed by atoms with E-state index in [1.54, 1.807) is 0 Å². The first-order valence-corrected chi connectivity index (χ1v) is 0. The van der Waals surface area contributed by atoms with Crippen LogP contribution in [0.2, 0.25) is 0 Å². The predicted molar refractivity (Wildman–Crippen MR) is 25.6 cm³/mol. The fourth-order valence-electron chi connectivity index (χ4n) is 0. The van der Waals surface area contributed by atoms with Crippen LogP contribution in [0.5, 0.6) is 0 Å². The zero-order valence-electron chi connectivity index (χ0n) is 2.57. The van der Waals surface area contributed by atoms with Gasteiger partial charge in [-0.25, -0.2) is 0 Å². The van der Waals surface area contributed by atoms with Gasteiger partial charge in [0.1, 0.15) is 0 Å². The van der Waals surface area contributed by atoms with E-state index < -0.39 is 0 Å². The van der Waals surface area contributed by atoms with Crippen LogP contribution in [0, 0.1) is 29.9 Å². The van der Waals surface area contributed by atoms with Gasteiger partial charge in [0, 0.05) is 29.9 Å². The molecule has 0 aromatic heterocycles. The van der Waals surface area contributed by atoms with E-state index in [1.165, 1.54) is 0 Å². The van der Waals surface area contributed by atoms with E-state index in [4.69, 9.17) is 0 Å². The van der Waals surface area contributed by atoms with Crippen LogP contribution in [0.1, 0.15) is 0 Å². The molecule has 0 aromatic rings. The predicted octanol–water partition coefficient (Wildman–Crippen LogP) is -2.75. The molecular weight excluding hydrogens is 593 g/mol. The second kappa shape index (κ2) is 16.1. The molecule has 4 heteroatoms. The molecule has 0 aromatic carbocycles. The molecule has 0 atom stereocenters. The Labute approximate surface area is 99.4 Å². The molecule has 0 unspecified atom stereocenters. The Morgan fingerprint density at radius 1 is 0.500 bits per heavy atom. The molecule has 0 N–H and O–H groups in total. The van der Waals surface area contributed by atoms with Crippen molar-refractivity contribution >= 4 is 71.7 Å². The van der Waals surface area contributed by atoms with Crippen LogP contribution in [0.4, 0.5) is 0 Å². The van der Waals surface area contributed by atoms with E-state index in [1.807, 2.05) is 0 Å². The van der Waals surface area contributed by atoms with Gasteiger partial charge in [0.05, 0.1) is 0 Å². The van der Waals surface area contributed by atoms with Gasteiger partial charge in [-0.3, -0.25) is 0 Å². The Morgan fingerprint density at radius 3 is 0.500 bits per heavy atom. The van der Waals surface area contributed by atoms with Gasteiger partial charge in [0.25, 0.3) is 0 Å². The van der Waals surface area contributed by atoms with Gasteiger partial charge in [-0.15, -0.1) is 0 Å². The van der Waals surface area contributed by atoms with Crippen LogP contribution in [-0.2, 0) is 0 Å². The van der Waals surface area contributed by atoms with Crippen LogP contribution in [0.3, 0.4) is 0 Å². The summed E-state index contributed by atoms with van der Waals surface area (Å²) in [6, 6.07) is 0. The third kappa shape index (κ3) is 9.05. The summed E-state index contributed by atoms with van der Waals surface area (Å²) in [6.07, 6.45) is 0. The van der Waals surface area contributed by atoms with Crippen molar-refractivity contribution in [2.45, 2.75) is 0 Å². The Kier molecular flexibility index (Phi) is 106. The van der Waals surface area contributed by atoms with Crippen molar-refractivity contribution in [3.63, 3.8) is 0 Å². The maximum atomic E-state index is 0. The first-order valence-electron chi connectivity index (χ1n) is 0. The van der Waals surface area contributed by atoms with Gasteiger partial charge in [-0.2, -0.15) is 0 Å². The number of hydrogen-bond donors (Lipinski definition) is 0. The summed E-state index contributed by atoms with van der Waals surface area (Å²) in [5.41, 5.74) is 0. The van der Waals surface area contributed by atoms with Crippen molar-refractivity contribution in [1.29, 1.82) is 0 Å². The van der Waals surface area contributed by atoms with Crippen molar-refractivity contribution in [2.75, 3.05) is 0 Å². The average molecular weight is 599 g/mol. The molecule has 0 heterocycles. The minimum atomic E-state index is 0. The first-order chi connectivity index (χ1) is 0. The van der Waals surface area contributed by atoms with Crippen molar-refractivity contribution in [1.82, 2.24) is 0 Å². The molecule has 0 aliphatic heterocycles. The van der Waals surface area contributed by atoms with E-state index in [0.29, 0.717) is 0 Å². The zero-order chi connectivity index (χ0) is 0. The van der Waals surface area contributed by atoms with Gasteiger partial charge >= 0.3 is 71.7 Å². The van der Waals surface area contributed by atoms with Crippen molar-refractivity contribution in [2.24, 2.45) is 0 Å². The van der Waals surface area contributed by atoms with Crippen LogP contribution in [-0.4, -0.2) is 71.7 Å². The monoisotopic (exact) mass is 602 g/mol. The Hall–Kier alpha value is 3.41. The van der Waals surface area contributed by atoms with E-state index >= 15 is 0 Å². The molecule has 0 saturated heterocycles. The van der Waals surface area contributed by atoms with E-state index in [2.05, 4.69) is 0 Å². The Morgan fingerprint density at radius 2 is 0.500 bits per heavy atom. The van der Waals surface area contributed by atoms with Gasteiger partial charge in [-0.05, 0) is 0 Å². The third-order valence-electron chi connectivity index (χ3n) is 0. The summed E-state index contributed by atoms with van der Waals surface area (Å²) < 4.78 is 0. The maximum absolute atomic E-state index is 0. The van der Waals surface area contributed by atoms with E-state index in [0.717, 1.165) is 0 Å². The molecule has 23 valence electrons. The quantitative estimate of drug-likeness (QED) is 0.266. The summed E-state index contributed by atoms with van der Waals surface area (Å²) in [6.45, 7) is 0. The third-order valence-corrected chi connectivity index (χ3v) is 0. The van der Waals surface area contributed by atoms with Crippen LogP contribution < -0.4 is 0 Å². The zero-order valence-corrected chi connectivity index (χ0v) is 18.4. The normalized spacial score (nSPS) is 0. The minimum absolute atomic E-state index is 0. The van der Waals surface area contributed by atoms with Crippen LogP contribution in [0.15, 0.2) is 0 Å². The molecule has 0 amide bonds. The first kappa shape index (κ1) is 26.2.